The fourth-order valence-electron chi connectivity index (χ4n) is 2.38. The molecule has 1 aromatic rings. The van der Waals surface area contributed by atoms with E-state index in [-0.39, 0.29) is 0 Å². The second-order valence-electron chi connectivity index (χ2n) is 4.60. The van der Waals surface area contributed by atoms with Gasteiger partial charge >= 0.3 is 0 Å². The summed E-state index contributed by atoms with van der Waals surface area (Å²) in [4.78, 5) is 0. The predicted octanol–water partition coefficient (Wildman–Crippen LogP) is 3.71. The summed E-state index contributed by atoms with van der Waals surface area (Å²) in [5.41, 5.74) is 1.25. The maximum Gasteiger partial charge on any atom is 0.0438 e. The highest BCUT2D eigenvalue weighted by atomic mass is 35.5. The molecule has 1 aliphatic heterocycles. The zero-order valence-electron chi connectivity index (χ0n) is 10.9. The van der Waals surface area contributed by atoms with Gasteiger partial charge in [-0.3, -0.25) is 0 Å². The molecule has 0 aromatic heterocycles. The lowest BCUT2D eigenvalue weighted by Crippen LogP contribution is -2.44. The maximum absolute atomic E-state index is 6.26. The first-order valence-corrected chi connectivity index (χ1v) is 8.84. The fraction of sp³-hybridized carbons (Fsp3) is 0.571. The lowest BCUT2D eigenvalue weighted by atomic mass is 10.0. The monoisotopic (exact) mass is 301 g/mol. The van der Waals surface area contributed by atoms with Gasteiger partial charge in [-0.1, -0.05) is 36.7 Å². The van der Waals surface area contributed by atoms with E-state index in [0.29, 0.717) is 16.5 Å². The second kappa shape index (κ2) is 7.09. The summed E-state index contributed by atoms with van der Waals surface area (Å²) in [6.07, 6.45) is 1.01. The van der Waals surface area contributed by atoms with Crippen molar-refractivity contribution in [2.24, 2.45) is 0 Å². The molecule has 3 unspecified atom stereocenters. The van der Waals surface area contributed by atoms with Crippen LogP contribution in [0.5, 0.6) is 0 Å². The normalized spacial score (nSPS) is 25.9. The Hall–Kier alpha value is 0.170. The summed E-state index contributed by atoms with van der Waals surface area (Å²) in [5.74, 6) is 2.55. The Balaban J connectivity index is 2.07. The van der Waals surface area contributed by atoms with Crippen LogP contribution in [-0.2, 0) is 6.42 Å². The molecule has 0 bridgehead atoms. The molecule has 1 aliphatic rings. The number of nitrogens with one attached hydrogen (secondary N) is 1. The highest BCUT2D eigenvalue weighted by Gasteiger charge is 2.29. The molecule has 0 spiro atoms. The highest BCUT2D eigenvalue weighted by molar-refractivity contribution is 8.07. The molecular formula is C14H20ClNS2. The third kappa shape index (κ3) is 3.60. The molecule has 1 N–H and O–H groups in total. The Kier molecular flexibility index (Phi) is 5.74. The van der Waals surface area contributed by atoms with E-state index in [2.05, 4.69) is 54.9 Å². The van der Waals surface area contributed by atoms with Crippen molar-refractivity contribution >= 4 is 35.1 Å². The largest absolute Gasteiger partial charge is 0.316 e. The summed E-state index contributed by atoms with van der Waals surface area (Å²) in [7, 11) is 2.06. The summed E-state index contributed by atoms with van der Waals surface area (Å²) >= 11 is 10.5. The lowest BCUT2D eigenvalue weighted by molar-refractivity contribution is 0.531. The van der Waals surface area contributed by atoms with Gasteiger partial charge in [0.25, 0.3) is 0 Å². The van der Waals surface area contributed by atoms with Crippen LogP contribution in [0.2, 0.25) is 5.02 Å². The van der Waals surface area contributed by atoms with Crippen molar-refractivity contribution in [2.75, 3.05) is 18.6 Å². The van der Waals surface area contributed by atoms with Crippen molar-refractivity contribution in [3.63, 3.8) is 0 Å². The number of halogens is 1. The number of hydrogen-bond donors (Lipinski definition) is 1. The first-order chi connectivity index (χ1) is 8.72. The van der Waals surface area contributed by atoms with Crippen LogP contribution >= 0.6 is 35.1 Å². The molecule has 0 radical (unpaired) electrons. The van der Waals surface area contributed by atoms with E-state index in [1.807, 2.05) is 12.1 Å². The Labute approximate surface area is 123 Å². The van der Waals surface area contributed by atoms with Crippen molar-refractivity contribution in [2.45, 2.75) is 29.9 Å². The molecule has 1 saturated heterocycles. The maximum atomic E-state index is 6.26. The predicted molar refractivity (Wildman–Crippen MR) is 86.2 cm³/mol. The SMILES string of the molecule is CNC(Cc1ccccc1Cl)C1SCCSC1C. The summed E-state index contributed by atoms with van der Waals surface area (Å²) < 4.78 is 0. The average Bonchev–Trinajstić information content (AvgIpc) is 2.39. The van der Waals surface area contributed by atoms with E-state index in [4.69, 9.17) is 11.6 Å². The van der Waals surface area contributed by atoms with Gasteiger partial charge in [0.05, 0.1) is 0 Å². The van der Waals surface area contributed by atoms with Crippen LogP contribution in [0, 0.1) is 0 Å². The highest BCUT2D eigenvalue weighted by Crippen LogP contribution is 2.34. The van der Waals surface area contributed by atoms with E-state index in [1.165, 1.54) is 17.1 Å². The number of hydrogen-bond acceptors (Lipinski definition) is 3. The van der Waals surface area contributed by atoms with Gasteiger partial charge in [-0.05, 0) is 25.1 Å². The van der Waals surface area contributed by atoms with Crippen molar-refractivity contribution in [1.82, 2.24) is 5.32 Å². The van der Waals surface area contributed by atoms with Crippen LogP contribution in [0.1, 0.15) is 12.5 Å². The number of benzene rings is 1. The standard InChI is InChI=1S/C14H20ClNS2/c1-10-14(18-8-7-17-10)13(16-2)9-11-5-3-4-6-12(11)15/h3-6,10,13-14,16H,7-9H2,1-2H3. The quantitative estimate of drug-likeness (QED) is 0.910. The minimum atomic E-state index is 0.498. The zero-order chi connectivity index (χ0) is 13.0. The molecule has 0 saturated carbocycles. The van der Waals surface area contributed by atoms with Gasteiger partial charge in [-0.2, -0.15) is 23.5 Å². The fourth-order valence-corrected chi connectivity index (χ4v) is 5.59. The molecular weight excluding hydrogens is 282 g/mol. The van der Waals surface area contributed by atoms with Crippen LogP contribution in [0.4, 0.5) is 0 Å². The third-order valence-corrected chi connectivity index (χ3v) is 7.02. The summed E-state index contributed by atoms with van der Waals surface area (Å²) in [6.45, 7) is 2.35. The molecule has 3 atom stereocenters. The molecule has 2 rings (SSSR count). The molecule has 18 heavy (non-hydrogen) atoms. The van der Waals surface area contributed by atoms with E-state index < -0.39 is 0 Å². The Morgan fingerprint density at radius 3 is 2.72 bits per heavy atom. The molecule has 0 aliphatic carbocycles. The van der Waals surface area contributed by atoms with Crippen molar-refractivity contribution < 1.29 is 0 Å². The van der Waals surface area contributed by atoms with Crippen LogP contribution in [0.3, 0.4) is 0 Å². The van der Waals surface area contributed by atoms with Gasteiger partial charge in [-0.15, -0.1) is 0 Å². The van der Waals surface area contributed by atoms with Gasteiger partial charge in [0.1, 0.15) is 0 Å². The first kappa shape index (κ1) is 14.6. The van der Waals surface area contributed by atoms with Crippen LogP contribution < -0.4 is 5.32 Å². The molecule has 1 aromatic carbocycles. The molecule has 100 valence electrons. The Morgan fingerprint density at radius 2 is 2.06 bits per heavy atom. The van der Waals surface area contributed by atoms with Gasteiger partial charge in [0, 0.05) is 33.1 Å². The molecule has 4 heteroatoms. The molecule has 1 nitrogen and oxygen atoms in total. The van der Waals surface area contributed by atoms with Gasteiger partial charge in [0.15, 0.2) is 0 Å². The number of rotatable bonds is 4. The van der Waals surface area contributed by atoms with Crippen LogP contribution in [0.25, 0.3) is 0 Å². The third-order valence-electron chi connectivity index (χ3n) is 3.40. The van der Waals surface area contributed by atoms with E-state index in [9.17, 15) is 0 Å². The average molecular weight is 302 g/mol. The first-order valence-electron chi connectivity index (χ1n) is 6.36. The minimum Gasteiger partial charge on any atom is -0.316 e. The smallest absolute Gasteiger partial charge is 0.0438 e. The van der Waals surface area contributed by atoms with Crippen molar-refractivity contribution in [3.05, 3.63) is 34.9 Å². The van der Waals surface area contributed by atoms with E-state index in [1.54, 1.807) is 0 Å². The van der Waals surface area contributed by atoms with Crippen molar-refractivity contribution in [3.8, 4) is 0 Å². The van der Waals surface area contributed by atoms with Gasteiger partial charge in [-0.25, -0.2) is 0 Å². The summed E-state index contributed by atoms with van der Waals surface area (Å²) in [6, 6.07) is 8.68. The molecule has 0 amide bonds. The number of thioether (sulfide) groups is 2. The van der Waals surface area contributed by atoms with Crippen LogP contribution in [0.15, 0.2) is 24.3 Å². The van der Waals surface area contributed by atoms with Crippen molar-refractivity contribution in [1.29, 1.82) is 0 Å². The van der Waals surface area contributed by atoms with Crippen LogP contribution in [-0.4, -0.2) is 35.1 Å². The Bertz CT molecular complexity index is 386. The Morgan fingerprint density at radius 1 is 1.33 bits per heavy atom. The summed E-state index contributed by atoms with van der Waals surface area (Å²) in [5, 5.41) is 5.76. The zero-order valence-corrected chi connectivity index (χ0v) is 13.2. The van der Waals surface area contributed by atoms with Gasteiger partial charge < -0.3 is 5.32 Å². The minimum absolute atomic E-state index is 0.498. The topological polar surface area (TPSA) is 12.0 Å². The number of likely N-dealkylation sites (N-methyl/N-ethyl adjacent to an activating group) is 1. The van der Waals surface area contributed by atoms with E-state index in [0.717, 1.165) is 11.4 Å². The second-order valence-corrected chi connectivity index (χ2v) is 7.78. The molecule has 1 fully saturated rings. The van der Waals surface area contributed by atoms with Gasteiger partial charge in [0.2, 0.25) is 0 Å². The van der Waals surface area contributed by atoms with E-state index >= 15 is 0 Å². The molecule has 1 heterocycles. The lowest BCUT2D eigenvalue weighted by Gasteiger charge is -2.34.